The van der Waals surface area contributed by atoms with Crippen molar-refractivity contribution in [3.8, 4) is 0 Å². The first-order valence-corrected chi connectivity index (χ1v) is 10.5. The van der Waals surface area contributed by atoms with Gasteiger partial charge in [-0.25, -0.2) is 9.98 Å². The molecule has 0 bridgehead atoms. The first-order valence-electron chi connectivity index (χ1n) is 7.94. The van der Waals surface area contributed by atoms with Gasteiger partial charge in [0.2, 0.25) is 5.91 Å². The van der Waals surface area contributed by atoms with Crippen LogP contribution in [0.25, 0.3) is 10.9 Å². The summed E-state index contributed by atoms with van der Waals surface area (Å²) in [4.78, 5) is 35.6. The monoisotopic (exact) mass is 506 g/mol. The molecule has 0 saturated carbocycles. The molecule has 0 spiro atoms. The molecule has 2 heterocycles. The first kappa shape index (κ1) is 18.4. The Morgan fingerprint density at radius 1 is 1.15 bits per heavy atom. The van der Waals surface area contributed by atoms with Crippen LogP contribution in [0.1, 0.15) is 0 Å². The number of amides is 1. The second-order valence-corrected chi connectivity index (χ2v) is 8.50. The van der Waals surface area contributed by atoms with Crippen LogP contribution in [-0.2, 0) is 11.5 Å². The van der Waals surface area contributed by atoms with Gasteiger partial charge >= 0.3 is 0 Å². The molecule has 3 aromatic rings. The summed E-state index contributed by atoms with van der Waals surface area (Å²) in [6.07, 6.45) is 1.46. The topological polar surface area (TPSA) is 67.6 Å². The Hall–Kier alpha value is -1.97. The summed E-state index contributed by atoms with van der Waals surface area (Å²) < 4.78 is 2.93. The van der Waals surface area contributed by atoms with Crippen LogP contribution in [0.15, 0.2) is 67.5 Å². The molecule has 1 fully saturated rings. The highest BCUT2D eigenvalue weighted by Crippen LogP contribution is 2.26. The lowest BCUT2D eigenvalue weighted by Crippen LogP contribution is -2.36. The largest absolute Gasteiger partial charge is 0.280 e. The smallest absolute Gasteiger partial charge is 0.262 e. The molecule has 6 nitrogen and oxygen atoms in total. The van der Waals surface area contributed by atoms with Gasteiger partial charge in [-0.1, -0.05) is 45.9 Å². The van der Waals surface area contributed by atoms with E-state index in [4.69, 9.17) is 0 Å². The van der Waals surface area contributed by atoms with E-state index >= 15 is 0 Å². The number of carbonyl (C=O) groups excluding carboxylic acids is 1. The number of benzene rings is 2. The zero-order valence-electron chi connectivity index (χ0n) is 13.8. The van der Waals surface area contributed by atoms with Gasteiger partial charge in [-0.2, -0.15) is 0 Å². The van der Waals surface area contributed by atoms with Gasteiger partial charge in [0.05, 0.1) is 28.7 Å². The molecule has 4 rings (SSSR count). The van der Waals surface area contributed by atoms with Crippen molar-refractivity contribution in [3.63, 3.8) is 0 Å². The molecular weight excluding hydrogens is 496 g/mol. The lowest BCUT2D eigenvalue weighted by Gasteiger charge is -2.17. The van der Waals surface area contributed by atoms with Gasteiger partial charge in [0, 0.05) is 8.95 Å². The molecule has 1 amide bonds. The molecule has 1 saturated heterocycles. The van der Waals surface area contributed by atoms with Crippen LogP contribution in [-0.4, -0.2) is 31.3 Å². The molecule has 1 aliphatic heterocycles. The van der Waals surface area contributed by atoms with Crippen LogP contribution < -0.4 is 5.56 Å². The Bertz CT molecular complexity index is 1130. The molecule has 9 heteroatoms. The van der Waals surface area contributed by atoms with E-state index in [0.29, 0.717) is 21.8 Å². The molecular formula is C18H12Br2N4O2S. The van der Waals surface area contributed by atoms with E-state index in [1.807, 2.05) is 36.4 Å². The number of nitrogens with zero attached hydrogens (tertiary/aromatic N) is 4. The van der Waals surface area contributed by atoms with Crippen LogP contribution in [0.3, 0.4) is 0 Å². The fourth-order valence-electron chi connectivity index (χ4n) is 2.68. The average Bonchev–Trinajstić information content (AvgIpc) is 2.98. The van der Waals surface area contributed by atoms with Crippen molar-refractivity contribution in [2.75, 3.05) is 5.75 Å². The Balaban J connectivity index is 1.72. The molecule has 1 aromatic heterocycles. The lowest BCUT2D eigenvalue weighted by atomic mass is 10.2. The van der Waals surface area contributed by atoms with E-state index in [0.717, 1.165) is 14.6 Å². The summed E-state index contributed by atoms with van der Waals surface area (Å²) in [5, 5.41) is 1.05. The first-order chi connectivity index (χ1) is 13.0. The van der Waals surface area contributed by atoms with E-state index in [2.05, 4.69) is 41.8 Å². The summed E-state index contributed by atoms with van der Waals surface area (Å²) in [7, 11) is 0. The van der Waals surface area contributed by atoms with E-state index in [1.54, 1.807) is 6.07 Å². The molecule has 0 N–H and O–H groups in total. The van der Waals surface area contributed by atoms with E-state index in [-0.39, 0.29) is 18.1 Å². The van der Waals surface area contributed by atoms with E-state index in [1.165, 1.54) is 27.6 Å². The maximum atomic E-state index is 12.9. The van der Waals surface area contributed by atoms with Crippen LogP contribution in [0.2, 0.25) is 0 Å². The summed E-state index contributed by atoms with van der Waals surface area (Å²) in [5.41, 5.74) is 1.13. The van der Waals surface area contributed by atoms with Crippen molar-refractivity contribution < 1.29 is 4.79 Å². The van der Waals surface area contributed by atoms with Gasteiger partial charge in [-0.3, -0.25) is 19.1 Å². The number of aromatic nitrogens is 2. The standard InChI is InChI=1S/C18H12Br2N4O2S/c19-11-6-13-16(14(20)7-11)21-9-23(17(13)26)10-24-15(25)8-27-18(24)22-12-4-2-1-3-5-12/h1-7,9H,8,10H2. The van der Waals surface area contributed by atoms with Crippen molar-refractivity contribution in [3.05, 3.63) is 68.1 Å². The van der Waals surface area contributed by atoms with Crippen LogP contribution in [0.5, 0.6) is 0 Å². The number of para-hydroxylation sites is 1. The number of fused-ring (bicyclic) bond motifs is 1. The van der Waals surface area contributed by atoms with Crippen molar-refractivity contribution in [1.29, 1.82) is 0 Å². The Morgan fingerprint density at radius 2 is 1.93 bits per heavy atom. The molecule has 1 aliphatic rings. The number of carbonyl (C=O) groups is 1. The number of rotatable bonds is 3. The number of aliphatic imine (C=N–C) groups is 1. The SMILES string of the molecule is O=C1CSC(=Nc2ccccc2)N1Cn1cnc2c(Br)cc(Br)cc2c1=O. The zero-order chi connectivity index (χ0) is 19.0. The third-order valence-electron chi connectivity index (χ3n) is 3.98. The summed E-state index contributed by atoms with van der Waals surface area (Å²) in [6.45, 7) is 0.0728. The third-order valence-corrected chi connectivity index (χ3v) is 6.00. The van der Waals surface area contributed by atoms with Crippen molar-refractivity contribution in [1.82, 2.24) is 14.5 Å². The van der Waals surface area contributed by atoms with Crippen molar-refractivity contribution in [2.45, 2.75) is 6.67 Å². The van der Waals surface area contributed by atoms with Crippen molar-refractivity contribution >= 4 is 71.3 Å². The van der Waals surface area contributed by atoms with Crippen LogP contribution >= 0.6 is 43.6 Å². The minimum atomic E-state index is -0.217. The van der Waals surface area contributed by atoms with Gasteiger partial charge in [0.15, 0.2) is 5.17 Å². The summed E-state index contributed by atoms with van der Waals surface area (Å²) in [6, 6.07) is 13.0. The molecule has 2 aromatic carbocycles. The number of amidine groups is 1. The Kier molecular flexibility index (Phi) is 5.16. The minimum Gasteiger partial charge on any atom is -0.280 e. The maximum absolute atomic E-state index is 12.9. The van der Waals surface area contributed by atoms with Crippen LogP contribution in [0.4, 0.5) is 5.69 Å². The number of thioether (sulfide) groups is 1. The fraction of sp³-hybridized carbons (Fsp3) is 0.111. The second kappa shape index (κ2) is 7.57. The molecule has 0 aliphatic carbocycles. The lowest BCUT2D eigenvalue weighted by molar-refractivity contribution is -0.125. The molecule has 0 atom stereocenters. The minimum absolute atomic E-state index is 0.0728. The summed E-state index contributed by atoms with van der Waals surface area (Å²) in [5.74, 6) is 0.218. The highest BCUT2D eigenvalue weighted by Gasteiger charge is 2.29. The zero-order valence-corrected chi connectivity index (χ0v) is 17.8. The van der Waals surface area contributed by atoms with Gasteiger partial charge in [-0.05, 0) is 40.2 Å². The van der Waals surface area contributed by atoms with Gasteiger partial charge in [0.1, 0.15) is 6.67 Å². The average molecular weight is 508 g/mol. The second-order valence-electron chi connectivity index (χ2n) is 5.79. The van der Waals surface area contributed by atoms with E-state index in [9.17, 15) is 9.59 Å². The number of halogens is 2. The third kappa shape index (κ3) is 3.71. The molecule has 136 valence electrons. The predicted octanol–water partition coefficient (Wildman–Crippen LogP) is 4.14. The molecule has 27 heavy (non-hydrogen) atoms. The predicted molar refractivity (Wildman–Crippen MR) is 114 cm³/mol. The Labute approximate surface area is 175 Å². The molecule has 0 radical (unpaired) electrons. The van der Waals surface area contributed by atoms with Gasteiger partial charge in [0.25, 0.3) is 5.56 Å². The maximum Gasteiger partial charge on any atom is 0.262 e. The van der Waals surface area contributed by atoms with E-state index < -0.39 is 0 Å². The van der Waals surface area contributed by atoms with Crippen LogP contribution in [0, 0.1) is 0 Å². The molecule has 0 unspecified atom stereocenters. The fourth-order valence-corrected chi connectivity index (χ4v) is 4.90. The van der Waals surface area contributed by atoms with Gasteiger partial charge < -0.3 is 0 Å². The van der Waals surface area contributed by atoms with Gasteiger partial charge in [-0.15, -0.1) is 0 Å². The number of hydrogen-bond donors (Lipinski definition) is 0. The normalized spacial score (nSPS) is 15.9. The quantitative estimate of drug-likeness (QED) is 0.534. The number of hydrogen-bond acceptors (Lipinski definition) is 5. The highest BCUT2D eigenvalue weighted by atomic mass is 79.9. The summed E-state index contributed by atoms with van der Waals surface area (Å²) >= 11 is 8.18. The highest BCUT2D eigenvalue weighted by molar-refractivity contribution is 9.11. The Morgan fingerprint density at radius 3 is 2.70 bits per heavy atom. The van der Waals surface area contributed by atoms with Crippen molar-refractivity contribution in [2.24, 2.45) is 4.99 Å².